The van der Waals surface area contributed by atoms with Crippen molar-refractivity contribution in [3.8, 4) is 78.5 Å². The summed E-state index contributed by atoms with van der Waals surface area (Å²) in [6, 6.07) is 76.7. The molecule has 1 aliphatic heterocycles. The topological polar surface area (TPSA) is 38.7 Å². The van der Waals surface area contributed by atoms with Gasteiger partial charge in [-0.25, -0.2) is 9.97 Å². The molecule has 2 aliphatic rings. The summed E-state index contributed by atoms with van der Waals surface area (Å²) in [4.78, 5) is 18.2. The molecule has 4 heteroatoms. The zero-order valence-electron chi connectivity index (χ0n) is 34.5. The predicted octanol–water partition coefficient (Wildman–Crippen LogP) is 15.0. The van der Waals surface area contributed by atoms with Crippen LogP contribution in [0.15, 0.2) is 228 Å². The number of rotatable bonds is 6. The third-order valence-electron chi connectivity index (χ3n) is 12.7. The molecule has 0 radical (unpaired) electrons. The van der Waals surface area contributed by atoms with Crippen LogP contribution < -0.4 is 0 Å². The predicted molar refractivity (Wildman–Crippen MR) is 259 cm³/mol. The third-order valence-corrected chi connectivity index (χ3v) is 13.8. The molecule has 0 bridgehead atoms. The van der Waals surface area contributed by atoms with Crippen LogP contribution in [0.2, 0.25) is 0 Å². The second-order valence-electron chi connectivity index (χ2n) is 16.4. The second kappa shape index (κ2) is 15.1. The monoisotopic (exact) mass is 821 g/mol. The van der Waals surface area contributed by atoms with E-state index in [0.29, 0.717) is 5.82 Å². The number of hydrogen-bond acceptors (Lipinski definition) is 4. The van der Waals surface area contributed by atoms with Gasteiger partial charge >= 0.3 is 0 Å². The normalized spacial score (nSPS) is 12.9. The molecule has 0 saturated heterocycles. The summed E-state index contributed by atoms with van der Waals surface area (Å²) >= 11 is 1.86. The van der Waals surface area contributed by atoms with Gasteiger partial charge in [-0.05, 0) is 111 Å². The van der Waals surface area contributed by atoms with Gasteiger partial charge in [0.2, 0.25) is 0 Å². The molecule has 3 heterocycles. The van der Waals surface area contributed by atoms with Crippen LogP contribution in [-0.2, 0) is 5.41 Å². The average Bonchev–Trinajstić information content (AvgIpc) is 3.64. The smallest absolute Gasteiger partial charge is 0.160 e. The van der Waals surface area contributed by atoms with Gasteiger partial charge in [0.25, 0.3) is 0 Å². The van der Waals surface area contributed by atoms with Gasteiger partial charge in [-0.1, -0.05) is 182 Å². The van der Waals surface area contributed by atoms with Crippen LogP contribution in [0, 0.1) is 6.92 Å². The van der Waals surface area contributed by atoms with Crippen molar-refractivity contribution in [1.82, 2.24) is 15.0 Å². The maximum absolute atomic E-state index is 5.50. The first-order valence-corrected chi connectivity index (χ1v) is 22.2. The highest BCUT2D eigenvalue weighted by Crippen LogP contribution is 2.64. The molecule has 0 unspecified atom stereocenters. The lowest BCUT2D eigenvalue weighted by Gasteiger charge is -2.39. The Labute approximate surface area is 371 Å². The van der Waals surface area contributed by atoms with E-state index in [-0.39, 0.29) is 0 Å². The van der Waals surface area contributed by atoms with Crippen molar-refractivity contribution < 1.29 is 0 Å². The van der Waals surface area contributed by atoms with Crippen molar-refractivity contribution in [2.75, 3.05) is 0 Å². The van der Waals surface area contributed by atoms with Crippen molar-refractivity contribution in [3.05, 3.63) is 246 Å². The van der Waals surface area contributed by atoms with E-state index in [4.69, 9.17) is 15.0 Å². The zero-order chi connectivity index (χ0) is 41.9. The quantitative estimate of drug-likeness (QED) is 0.167. The third kappa shape index (κ3) is 6.09. The van der Waals surface area contributed by atoms with Crippen LogP contribution in [0.4, 0.5) is 0 Å². The van der Waals surface area contributed by atoms with Gasteiger partial charge in [-0.15, -0.1) is 0 Å². The minimum absolute atomic E-state index is 0.589. The lowest BCUT2D eigenvalue weighted by molar-refractivity contribution is 0.722. The van der Waals surface area contributed by atoms with E-state index < -0.39 is 5.41 Å². The average molecular weight is 822 g/mol. The largest absolute Gasteiger partial charge is 0.256 e. The van der Waals surface area contributed by atoms with Gasteiger partial charge < -0.3 is 0 Å². The fourth-order valence-electron chi connectivity index (χ4n) is 9.91. The van der Waals surface area contributed by atoms with E-state index in [2.05, 4.69) is 219 Å². The molecule has 0 saturated carbocycles. The Kier molecular flexibility index (Phi) is 8.87. The van der Waals surface area contributed by atoms with E-state index in [1.54, 1.807) is 0 Å². The molecule has 0 atom stereocenters. The molecule has 2 aromatic heterocycles. The lowest BCUT2D eigenvalue weighted by Crippen LogP contribution is -2.32. The Morgan fingerprint density at radius 3 is 1.73 bits per heavy atom. The molecule has 10 aromatic rings. The molecular weight excluding hydrogens is 783 g/mol. The van der Waals surface area contributed by atoms with E-state index in [0.717, 1.165) is 61.6 Å². The molecule has 3 nitrogen and oxygen atoms in total. The van der Waals surface area contributed by atoms with Crippen LogP contribution in [-0.4, -0.2) is 15.0 Å². The van der Waals surface area contributed by atoms with Crippen LogP contribution in [0.5, 0.6) is 0 Å². The number of pyridine rings is 1. The number of nitrogens with zero attached hydrogens (tertiary/aromatic N) is 3. The molecule has 1 aliphatic carbocycles. The van der Waals surface area contributed by atoms with E-state index in [1.807, 2.05) is 18.0 Å². The van der Waals surface area contributed by atoms with Crippen LogP contribution >= 0.6 is 11.8 Å². The first-order chi connectivity index (χ1) is 31.1. The summed E-state index contributed by atoms with van der Waals surface area (Å²) in [5.74, 6) is 0.691. The molecule has 8 aromatic carbocycles. The Balaban J connectivity index is 1.13. The number of aryl methyl sites for hydroxylation is 1. The standard InChI is InChI=1S/C59H39N3S/c1-38-32-33-60-53(34-38)45-23-9-8-22-44(45)42-30-31-46-51(36-42)59(48-25-10-12-28-55(48)63-56-29-13-11-26-49(56)59)50-27-15-24-47(57(46)50)54-37-52(40-18-6-3-7-19-40)61-58(62-54)43-21-14-20-41(35-43)39-16-4-2-5-17-39/h2-37H,1H3. The molecule has 0 amide bonds. The number of benzene rings is 8. The maximum Gasteiger partial charge on any atom is 0.160 e. The molecule has 63 heavy (non-hydrogen) atoms. The number of aromatic nitrogens is 3. The molecule has 0 N–H and O–H groups in total. The Morgan fingerprint density at radius 1 is 0.365 bits per heavy atom. The highest BCUT2D eigenvalue weighted by Gasteiger charge is 2.51. The minimum atomic E-state index is -0.589. The Bertz CT molecular complexity index is 3350. The lowest BCUT2D eigenvalue weighted by atomic mass is 9.67. The number of hydrogen-bond donors (Lipinski definition) is 0. The summed E-state index contributed by atoms with van der Waals surface area (Å²) < 4.78 is 0. The fourth-order valence-corrected chi connectivity index (χ4v) is 11.1. The molecule has 296 valence electrons. The second-order valence-corrected chi connectivity index (χ2v) is 17.5. The van der Waals surface area contributed by atoms with Crippen LogP contribution in [0.1, 0.15) is 27.8 Å². The molecule has 12 rings (SSSR count). The highest BCUT2D eigenvalue weighted by molar-refractivity contribution is 7.99. The number of fused-ring (bicyclic) bond motifs is 9. The van der Waals surface area contributed by atoms with Gasteiger partial charge in [0, 0.05) is 38.2 Å². The highest BCUT2D eigenvalue weighted by atomic mass is 32.2. The SMILES string of the molecule is Cc1ccnc(-c2ccccc2-c2ccc3c(c2)C2(c4ccccc4Sc4ccccc42)c2cccc(-c4cc(-c5ccccc5)nc(-c5cccc(-c6ccccc6)c5)n4)c2-3)c1. The van der Waals surface area contributed by atoms with Gasteiger partial charge in [0.1, 0.15) is 0 Å². The van der Waals surface area contributed by atoms with Crippen LogP contribution in [0.3, 0.4) is 0 Å². The van der Waals surface area contributed by atoms with Crippen molar-refractivity contribution in [2.24, 2.45) is 0 Å². The van der Waals surface area contributed by atoms with Crippen molar-refractivity contribution in [1.29, 1.82) is 0 Å². The fraction of sp³-hybridized carbons (Fsp3) is 0.0339. The van der Waals surface area contributed by atoms with Gasteiger partial charge in [-0.2, -0.15) is 0 Å². The van der Waals surface area contributed by atoms with Gasteiger partial charge in [0.05, 0.1) is 22.5 Å². The Morgan fingerprint density at radius 2 is 0.968 bits per heavy atom. The minimum Gasteiger partial charge on any atom is -0.256 e. The van der Waals surface area contributed by atoms with Crippen molar-refractivity contribution >= 4 is 11.8 Å². The summed E-state index contributed by atoms with van der Waals surface area (Å²) in [7, 11) is 0. The molecule has 0 fully saturated rings. The van der Waals surface area contributed by atoms with E-state index in [1.165, 1.54) is 48.7 Å². The zero-order valence-corrected chi connectivity index (χ0v) is 35.4. The Hall–Kier alpha value is -7.66. The van der Waals surface area contributed by atoms with Crippen molar-refractivity contribution in [3.63, 3.8) is 0 Å². The first kappa shape index (κ1) is 37.1. The summed E-state index contributed by atoms with van der Waals surface area (Å²) in [6.07, 6.45) is 1.91. The van der Waals surface area contributed by atoms with Gasteiger partial charge in [0.15, 0.2) is 5.82 Å². The van der Waals surface area contributed by atoms with E-state index >= 15 is 0 Å². The maximum atomic E-state index is 5.50. The van der Waals surface area contributed by atoms with Crippen molar-refractivity contribution in [2.45, 2.75) is 22.1 Å². The summed E-state index contributed by atoms with van der Waals surface area (Å²) in [6.45, 7) is 2.13. The summed E-state index contributed by atoms with van der Waals surface area (Å²) in [5.41, 5.74) is 19.7. The van der Waals surface area contributed by atoms with Gasteiger partial charge in [-0.3, -0.25) is 4.98 Å². The van der Waals surface area contributed by atoms with E-state index in [9.17, 15) is 0 Å². The van der Waals surface area contributed by atoms with Crippen LogP contribution in [0.25, 0.3) is 78.5 Å². The molecule has 1 spiro atoms. The summed E-state index contributed by atoms with van der Waals surface area (Å²) in [5, 5.41) is 0. The molecular formula is C59H39N3S. The first-order valence-electron chi connectivity index (χ1n) is 21.4.